The van der Waals surface area contributed by atoms with Crippen LogP contribution < -0.4 is 0 Å². The quantitative estimate of drug-likeness (QED) is 0.614. The number of nitrogens with zero attached hydrogens (tertiary/aromatic N) is 1. The topological polar surface area (TPSA) is 3.24 Å². The molecule has 0 fully saturated rings. The van der Waals surface area contributed by atoms with Gasteiger partial charge in [-0.2, -0.15) is 0 Å². The highest BCUT2D eigenvalue weighted by Gasteiger charge is 2.20. The van der Waals surface area contributed by atoms with Gasteiger partial charge < -0.3 is 0 Å². The summed E-state index contributed by atoms with van der Waals surface area (Å²) in [5.74, 6) is 0. The van der Waals surface area contributed by atoms with E-state index in [1.54, 1.807) is 0 Å². The lowest BCUT2D eigenvalue weighted by atomic mass is 10.3. The Morgan fingerprint density at radius 1 is 0.917 bits per heavy atom. The van der Waals surface area contributed by atoms with Crippen LogP contribution in [0.5, 0.6) is 0 Å². The average Bonchev–Trinajstić information content (AvgIpc) is 1.79. The normalized spacial score (nSPS) is 14.5. The van der Waals surface area contributed by atoms with Crippen molar-refractivity contribution in [3.63, 3.8) is 0 Å². The summed E-state index contributed by atoms with van der Waals surface area (Å²) in [6, 6.07) is 1.34. The molecule has 0 aliphatic heterocycles. The molecule has 0 saturated heterocycles. The highest BCUT2D eigenvalue weighted by atomic mass is 31.1. The Balaban J connectivity index is 4.15. The maximum atomic E-state index is 2.57. The van der Waals surface area contributed by atoms with Crippen molar-refractivity contribution in [3.8, 4) is 0 Å². The van der Waals surface area contributed by atoms with Gasteiger partial charge in [0.15, 0.2) is 0 Å². The van der Waals surface area contributed by atoms with E-state index in [2.05, 4.69) is 53.1 Å². The van der Waals surface area contributed by atoms with Gasteiger partial charge in [-0.25, -0.2) is 0 Å². The van der Waals surface area contributed by atoms with Crippen molar-refractivity contribution in [1.82, 2.24) is 4.67 Å². The van der Waals surface area contributed by atoms with Gasteiger partial charge in [-0.15, -0.1) is 0 Å². The van der Waals surface area contributed by atoms with Crippen molar-refractivity contribution in [1.29, 1.82) is 0 Å². The molecule has 74 valence electrons. The van der Waals surface area contributed by atoms with Gasteiger partial charge in [-0.05, 0) is 41.6 Å². The molecule has 0 aromatic rings. The van der Waals surface area contributed by atoms with Crippen molar-refractivity contribution in [3.05, 3.63) is 0 Å². The standard InChI is InChI=1S/C10H24NP/c1-8(2)11(9(3)4)12-10(5,6)7/h8-9,12H,1-7H3. The molecule has 1 unspecified atom stereocenters. The van der Waals surface area contributed by atoms with Crippen LogP contribution in [-0.2, 0) is 0 Å². The van der Waals surface area contributed by atoms with Crippen LogP contribution in [0.4, 0.5) is 0 Å². The summed E-state index contributed by atoms with van der Waals surface area (Å²) in [5, 5.41) is 0.439. The molecule has 0 N–H and O–H groups in total. The zero-order valence-electron chi connectivity index (χ0n) is 9.60. The summed E-state index contributed by atoms with van der Waals surface area (Å²) in [4.78, 5) is 0. The van der Waals surface area contributed by atoms with Crippen LogP contribution in [0.2, 0.25) is 0 Å². The van der Waals surface area contributed by atoms with Gasteiger partial charge in [0.25, 0.3) is 0 Å². The summed E-state index contributed by atoms with van der Waals surface area (Å²) < 4.78 is 2.57. The van der Waals surface area contributed by atoms with Crippen LogP contribution >= 0.6 is 8.73 Å². The van der Waals surface area contributed by atoms with E-state index in [1.807, 2.05) is 0 Å². The molecule has 0 radical (unpaired) electrons. The average molecular weight is 189 g/mol. The Bertz CT molecular complexity index is 116. The van der Waals surface area contributed by atoms with Crippen LogP contribution in [0, 0.1) is 0 Å². The Morgan fingerprint density at radius 2 is 1.25 bits per heavy atom. The molecular weight excluding hydrogens is 165 g/mol. The molecule has 0 aliphatic rings. The molecule has 0 saturated carbocycles. The Labute approximate surface area is 79.8 Å². The molecule has 0 spiro atoms. The second-order valence-corrected chi connectivity index (χ2v) is 7.20. The van der Waals surface area contributed by atoms with Crippen molar-refractivity contribution in [2.45, 2.75) is 65.7 Å². The van der Waals surface area contributed by atoms with Crippen LogP contribution in [0.3, 0.4) is 0 Å². The molecule has 0 aromatic carbocycles. The Hall–Kier alpha value is 0.390. The van der Waals surface area contributed by atoms with Crippen molar-refractivity contribution >= 4 is 8.73 Å². The molecule has 1 atom stereocenters. The SMILES string of the molecule is CC(C)N(PC(C)(C)C)C(C)C. The van der Waals surface area contributed by atoms with E-state index < -0.39 is 0 Å². The Morgan fingerprint density at radius 3 is 1.33 bits per heavy atom. The third kappa shape index (κ3) is 5.11. The molecule has 0 heterocycles. The third-order valence-electron chi connectivity index (χ3n) is 1.58. The van der Waals surface area contributed by atoms with E-state index in [0.717, 1.165) is 8.73 Å². The molecule has 0 bridgehead atoms. The molecule has 1 nitrogen and oxygen atoms in total. The predicted octanol–water partition coefficient (Wildman–Crippen LogP) is 3.50. The van der Waals surface area contributed by atoms with E-state index in [4.69, 9.17) is 0 Å². The summed E-state index contributed by atoms with van der Waals surface area (Å²) in [7, 11) is 0.927. The van der Waals surface area contributed by atoms with E-state index in [1.165, 1.54) is 0 Å². The first-order valence-corrected chi connectivity index (χ1v) is 5.75. The summed E-state index contributed by atoms with van der Waals surface area (Å²) in [6.07, 6.45) is 0. The number of rotatable bonds is 3. The first-order chi connectivity index (χ1) is 5.24. The zero-order valence-corrected chi connectivity index (χ0v) is 10.6. The van der Waals surface area contributed by atoms with Gasteiger partial charge in [0.2, 0.25) is 0 Å². The molecule has 0 aromatic heterocycles. The zero-order chi connectivity index (χ0) is 9.94. The summed E-state index contributed by atoms with van der Waals surface area (Å²) in [5.41, 5.74) is 0. The molecular formula is C10H24NP. The minimum absolute atomic E-state index is 0.439. The monoisotopic (exact) mass is 189 g/mol. The number of hydrogen-bond acceptors (Lipinski definition) is 1. The highest BCUT2D eigenvalue weighted by Crippen LogP contribution is 2.37. The molecule has 2 heteroatoms. The lowest BCUT2D eigenvalue weighted by molar-refractivity contribution is 0.323. The fourth-order valence-corrected chi connectivity index (χ4v) is 2.53. The van der Waals surface area contributed by atoms with E-state index in [-0.39, 0.29) is 0 Å². The first kappa shape index (κ1) is 12.4. The van der Waals surface area contributed by atoms with Crippen LogP contribution in [0.1, 0.15) is 48.5 Å². The van der Waals surface area contributed by atoms with E-state index >= 15 is 0 Å². The fraction of sp³-hybridized carbons (Fsp3) is 1.00. The van der Waals surface area contributed by atoms with Crippen molar-refractivity contribution in [2.24, 2.45) is 0 Å². The highest BCUT2D eigenvalue weighted by molar-refractivity contribution is 7.37. The van der Waals surface area contributed by atoms with Crippen molar-refractivity contribution in [2.75, 3.05) is 0 Å². The molecule has 0 aliphatic carbocycles. The third-order valence-corrected chi connectivity index (χ3v) is 3.54. The minimum atomic E-state index is 0.439. The van der Waals surface area contributed by atoms with E-state index in [0.29, 0.717) is 17.2 Å². The van der Waals surface area contributed by atoms with Crippen LogP contribution in [0.15, 0.2) is 0 Å². The largest absolute Gasteiger partial charge is 0.279 e. The molecule has 0 amide bonds. The lowest BCUT2D eigenvalue weighted by Gasteiger charge is -2.35. The van der Waals surface area contributed by atoms with Crippen LogP contribution in [0.25, 0.3) is 0 Å². The second-order valence-electron chi connectivity index (χ2n) is 4.96. The van der Waals surface area contributed by atoms with Gasteiger partial charge in [0.05, 0.1) is 0 Å². The van der Waals surface area contributed by atoms with Gasteiger partial charge in [-0.3, -0.25) is 4.67 Å². The maximum absolute atomic E-state index is 2.57. The van der Waals surface area contributed by atoms with E-state index in [9.17, 15) is 0 Å². The number of hydrogen-bond donors (Lipinski definition) is 0. The Kier molecular flexibility index (Phi) is 4.73. The predicted molar refractivity (Wildman–Crippen MR) is 60.2 cm³/mol. The summed E-state index contributed by atoms with van der Waals surface area (Å²) >= 11 is 0. The van der Waals surface area contributed by atoms with Gasteiger partial charge in [0, 0.05) is 12.1 Å². The van der Waals surface area contributed by atoms with Crippen molar-refractivity contribution < 1.29 is 0 Å². The van der Waals surface area contributed by atoms with Crippen LogP contribution in [-0.4, -0.2) is 21.9 Å². The molecule has 12 heavy (non-hydrogen) atoms. The van der Waals surface area contributed by atoms with Gasteiger partial charge in [0.1, 0.15) is 0 Å². The lowest BCUT2D eigenvalue weighted by Crippen LogP contribution is -2.32. The smallest absolute Gasteiger partial charge is 0.00781 e. The maximum Gasteiger partial charge on any atom is 0.00781 e. The fourth-order valence-electron chi connectivity index (χ4n) is 1.24. The first-order valence-electron chi connectivity index (χ1n) is 4.80. The summed E-state index contributed by atoms with van der Waals surface area (Å²) in [6.45, 7) is 16.0. The van der Waals surface area contributed by atoms with Gasteiger partial charge >= 0.3 is 0 Å². The second kappa shape index (κ2) is 4.58. The minimum Gasteiger partial charge on any atom is -0.279 e. The van der Waals surface area contributed by atoms with Gasteiger partial charge in [-0.1, -0.05) is 20.8 Å². The molecule has 0 rings (SSSR count).